The first-order valence-corrected chi connectivity index (χ1v) is 2.99. The third-order valence-electron chi connectivity index (χ3n) is 1.11. The molecule has 0 spiro atoms. The Morgan fingerprint density at radius 2 is 2.70 bits per heavy atom. The molecule has 0 aromatic rings. The average Bonchev–Trinajstić information content (AvgIpc) is 2.40. The monoisotopic (exact) mass is 143 g/mol. The predicted octanol–water partition coefficient (Wildman–Crippen LogP) is -0.379. The number of nitrogens with one attached hydrogen (secondary N) is 1. The Balaban J connectivity index is 2.45. The van der Waals surface area contributed by atoms with E-state index in [-0.39, 0.29) is 0 Å². The van der Waals surface area contributed by atoms with Gasteiger partial charge in [0.25, 0.3) is 0 Å². The van der Waals surface area contributed by atoms with Crippen LogP contribution in [-0.2, 0) is 14.3 Å². The lowest BCUT2D eigenvalue weighted by atomic mass is 10.6. The van der Waals surface area contributed by atoms with Gasteiger partial charge in [-0.15, -0.1) is 0 Å². The fourth-order valence-electron chi connectivity index (χ4n) is 0.645. The summed E-state index contributed by atoms with van der Waals surface area (Å²) in [4.78, 5) is 10.5. The summed E-state index contributed by atoms with van der Waals surface area (Å²) in [6.07, 6.45) is 1.28. The van der Waals surface area contributed by atoms with E-state index in [1.807, 2.05) is 0 Å². The first-order valence-electron chi connectivity index (χ1n) is 2.99. The molecule has 0 aliphatic carbocycles. The number of rotatable bonds is 1. The molecule has 0 unspecified atom stereocenters. The number of carbonyl (C=O) groups is 1. The highest BCUT2D eigenvalue weighted by molar-refractivity contribution is 5.82. The number of hydrogen-bond acceptors (Lipinski definition) is 4. The van der Waals surface area contributed by atoms with E-state index in [2.05, 4.69) is 10.1 Å². The zero-order valence-electron chi connectivity index (χ0n) is 5.72. The van der Waals surface area contributed by atoms with E-state index in [1.165, 1.54) is 13.2 Å². The van der Waals surface area contributed by atoms with Gasteiger partial charge in [0.05, 0.1) is 19.7 Å². The average molecular weight is 143 g/mol. The molecular weight excluding hydrogens is 134 g/mol. The normalized spacial score (nSPS) is 19.9. The molecule has 0 atom stereocenters. The van der Waals surface area contributed by atoms with Crippen LogP contribution in [0.25, 0.3) is 0 Å². The summed E-state index contributed by atoms with van der Waals surface area (Å²) < 4.78 is 9.35. The summed E-state index contributed by atoms with van der Waals surface area (Å²) in [5.74, 6) is 0.0938. The van der Waals surface area contributed by atoms with Crippen LogP contribution in [0.15, 0.2) is 12.0 Å². The molecule has 1 aliphatic heterocycles. The number of methoxy groups -OCH3 is 1. The van der Waals surface area contributed by atoms with Crippen molar-refractivity contribution in [1.82, 2.24) is 5.32 Å². The minimum atomic E-state index is -0.399. The largest absolute Gasteiger partial charge is 0.477 e. The Hall–Kier alpha value is -1.19. The maximum atomic E-state index is 10.5. The maximum absolute atomic E-state index is 10.5. The summed E-state index contributed by atoms with van der Waals surface area (Å²) >= 11 is 0. The minimum absolute atomic E-state index is 0.399. The third kappa shape index (κ3) is 1.65. The zero-order valence-corrected chi connectivity index (χ0v) is 5.72. The molecule has 1 N–H and O–H groups in total. The van der Waals surface area contributed by atoms with Crippen molar-refractivity contribution in [2.75, 3.05) is 20.3 Å². The van der Waals surface area contributed by atoms with E-state index in [4.69, 9.17) is 4.74 Å². The SMILES string of the molecule is COC(=O)C=C1NCCO1. The van der Waals surface area contributed by atoms with Gasteiger partial charge < -0.3 is 14.8 Å². The summed E-state index contributed by atoms with van der Waals surface area (Å²) in [5.41, 5.74) is 0. The second-order valence-corrected chi connectivity index (χ2v) is 1.81. The van der Waals surface area contributed by atoms with E-state index in [0.29, 0.717) is 12.5 Å². The lowest BCUT2D eigenvalue weighted by Crippen LogP contribution is -2.07. The molecule has 1 saturated heterocycles. The van der Waals surface area contributed by atoms with Crippen LogP contribution in [0.3, 0.4) is 0 Å². The second kappa shape index (κ2) is 3.10. The fourth-order valence-corrected chi connectivity index (χ4v) is 0.645. The zero-order chi connectivity index (χ0) is 7.40. The summed E-state index contributed by atoms with van der Waals surface area (Å²) in [7, 11) is 1.33. The first kappa shape index (κ1) is 6.92. The Kier molecular flexibility index (Phi) is 2.15. The van der Waals surface area contributed by atoms with Gasteiger partial charge in [-0.2, -0.15) is 0 Å². The maximum Gasteiger partial charge on any atom is 0.335 e. The Labute approximate surface area is 58.8 Å². The van der Waals surface area contributed by atoms with Gasteiger partial charge in [-0.3, -0.25) is 0 Å². The van der Waals surface area contributed by atoms with Gasteiger partial charge in [0.1, 0.15) is 6.61 Å². The Morgan fingerprint density at radius 1 is 1.90 bits per heavy atom. The third-order valence-corrected chi connectivity index (χ3v) is 1.11. The van der Waals surface area contributed by atoms with Crippen molar-refractivity contribution < 1.29 is 14.3 Å². The molecule has 1 heterocycles. The lowest BCUT2D eigenvalue weighted by Gasteiger charge is -1.95. The molecule has 1 aliphatic rings. The van der Waals surface area contributed by atoms with Gasteiger partial charge in [-0.25, -0.2) is 4.79 Å². The van der Waals surface area contributed by atoms with Crippen molar-refractivity contribution in [3.63, 3.8) is 0 Å². The van der Waals surface area contributed by atoms with E-state index in [1.54, 1.807) is 0 Å². The molecule has 10 heavy (non-hydrogen) atoms. The molecule has 0 aromatic heterocycles. The van der Waals surface area contributed by atoms with Gasteiger partial charge in [-0.05, 0) is 0 Å². The van der Waals surface area contributed by atoms with Gasteiger partial charge >= 0.3 is 5.97 Å². The van der Waals surface area contributed by atoms with Crippen LogP contribution in [0.5, 0.6) is 0 Å². The molecule has 4 heteroatoms. The highest BCUT2D eigenvalue weighted by Crippen LogP contribution is 1.98. The standard InChI is InChI=1S/C6H9NO3/c1-9-6(8)4-5-7-2-3-10-5/h4,7H,2-3H2,1H3. The molecule has 1 fully saturated rings. The van der Waals surface area contributed by atoms with Crippen LogP contribution in [0.1, 0.15) is 0 Å². The van der Waals surface area contributed by atoms with Crippen molar-refractivity contribution in [3.8, 4) is 0 Å². The fraction of sp³-hybridized carbons (Fsp3) is 0.500. The van der Waals surface area contributed by atoms with E-state index >= 15 is 0 Å². The molecule has 0 aromatic carbocycles. The van der Waals surface area contributed by atoms with Crippen LogP contribution in [-0.4, -0.2) is 26.2 Å². The van der Waals surface area contributed by atoms with E-state index in [9.17, 15) is 4.79 Å². The molecule has 0 radical (unpaired) electrons. The van der Waals surface area contributed by atoms with Crippen molar-refractivity contribution >= 4 is 5.97 Å². The minimum Gasteiger partial charge on any atom is -0.477 e. The topological polar surface area (TPSA) is 47.6 Å². The molecule has 56 valence electrons. The van der Waals surface area contributed by atoms with Gasteiger partial charge in [-0.1, -0.05) is 0 Å². The van der Waals surface area contributed by atoms with Gasteiger partial charge in [0.2, 0.25) is 0 Å². The summed E-state index contributed by atoms with van der Waals surface area (Å²) in [6.45, 7) is 1.37. The van der Waals surface area contributed by atoms with Crippen molar-refractivity contribution in [1.29, 1.82) is 0 Å². The summed E-state index contributed by atoms with van der Waals surface area (Å²) in [5, 5.41) is 2.86. The number of esters is 1. The molecule has 0 bridgehead atoms. The van der Waals surface area contributed by atoms with Crippen molar-refractivity contribution in [2.24, 2.45) is 0 Å². The second-order valence-electron chi connectivity index (χ2n) is 1.81. The van der Waals surface area contributed by atoms with Crippen molar-refractivity contribution in [3.05, 3.63) is 12.0 Å². The predicted molar refractivity (Wildman–Crippen MR) is 34.1 cm³/mol. The smallest absolute Gasteiger partial charge is 0.335 e. The molecule has 0 amide bonds. The molecule has 0 saturated carbocycles. The van der Waals surface area contributed by atoms with E-state index in [0.717, 1.165) is 6.54 Å². The number of carbonyl (C=O) groups excluding carboxylic acids is 1. The number of hydrogen-bond donors (Lipinski definition) is 1. The highest BCUT2D eigenvalue weighted by Gasteiger charge is 2.07. The quantitative estimate of drug-likeness (QED) is 0.401. The van der Waals surface area contributed by atoms with Crippen LogP contribution in [0.4, 0.5) is 0 Å². The molecule has 4 nitrogen and oxygen atoms in total. The lowest BCUT2D eigenvalue weighted by molar-refractivity contribution is -0.135. The Bertz CT molecular complexity index is 156. The molecular formula is C6H9NO3. The van der Waals surface area contributed by atoms with E-state index < -0.39 is 5.97 Å². The van der Waals surface area contributed by atoms with Crippen LogP contribution in [0.2, 0.25) is 0 Å². The highest BCUT2D eigenvalue weighted by atomic mass is 16.5. The Morgan fingerprint density at radius 3 is 3.20 bits per heavy atom. The van der Waals surface area contributed by atoms with Crippen LogP contribution in [0, 0.1) is 0 Å². The van der Waals surface area contributed by atoms with Gasteiger partial charge in [0.15, 0.2) is 5.88 Å². The van der Waals surface area contributed by atoms with Crippen LogP contribution >= 0.6 is 0 Å². The number of ether oxygens (including phenoxy) is 2. The molecule has 1 rings (SSSR count). The summed E-state index contributed by atoms with van der Waals surface area (Å²) in [6, 6.07) is 0. The first-order chi connectivity index (χ1) is 4.83. The van der Waals surface area contributed by atoms with Crippen LogP contribution < -0.4 is 5.32 Å². The van der Waals surface area contributed by atoms with Crippen molar-refractivity contribution in [2.45, 2.75) is 0 Å². The van der Waals surface area contributed by atoms with Gasteiger partial charge in [0, 0.05) is 0 Å².